The van der Waals surface area contributed by atoms with Crippen molar-refractivity contribution in [2.24, 2.45) is 7.05 Å². The number of carbonyl (C=O) groups excluding carboxylic acids is 1. The van der Waals surface area contributed by atoms with E-state index in [2.05, 4.69) is 48.8 Å². The molecule has 4 rings (SSSR count). The maximum atomic E-state index is 13.8. The molecule has 0 fully saturated rings. The number of rotatable bonds is 6. The molecule has 172 valence electrons. The van der Waals surface area contributed by atoms with Gasteiger partial charge in [0.2, 0.25) is 0 Å². The summed E-state index contributed by atoms with van der Waals surface area (Å²) in [6.07, 6.45) is 10.4. The summed E-state index contributed by atoms with van der Waals surface area (Å²) in [4.78, 5) is 15.7. The Kier molecular flexibility index (Phi) is 6.36. The number of halogens is 1. The molecule has 3 aromatic rings. The molecule has 0 saturated heterocycles. The van der Waals surface area contributed by atoms with Crippen molar-refractivity contribution in [3.05, 3.63) is 82.7 Å². The van der Waals surface area contributed by atoms with Crippen molar-refractivity contribution in [2.75, 3.05) is 7.05 Å². The average molecular weight is 447 g/mol. The van der Waals surface area contributed by atoms with Crippen LogP contribution in [-0.4, -0.2) is 32.2 Å². The summed E-state index contributed by atoms with van der Waals surface area (Å²) in [5.74, 6) is -0.313. The number of benzene rings is 1. The number of allylic oxidation sites excluding steroid dienone is 2. The summed E-state index contributed by atoms with van der Waals surface area (Å²) in [6, 6.07) is 8.37. The zero-order valence-electron chi connectivity index (χ0n) is 20.0. The van der Waals surface area contributed by atoms with Crippen LogP contribution in [0.5, 0.6) is 0 Å². The summed E-state index contributed by atoms with van der Waals surface area (Å²) < 4.78 is 17.4. The number of carbonyl (C=O) groups is 1. The number of aryl methyl sites for hydroxylation is 2. The van der Waals surface area contributed by atoms with Crippen molar-refractivity contribution in [3.63, 3.8) is 0 Å². The molecule has 2 aromatic heterocycles. The predicted molar refractivity (Wildman–Crippen MR) is 130 cm³/mol. The van der Waals surface area contributed by atoms with E-state index in [1.807, 2.05) is 25.1 Å². The molecule has 0 N–H and O–H groups in total. The number of amides is 1. The second-order valence-electron chi connectivity index (χ2n) is 8.70. The van der Waals surface area contributed by atoms with E-state index in [0.717, 1.165) is 35.5 Å². The summed E-state index contributed by atoms with van der Waals surface area (Å²) >= 11 is 0. The van der Waals surface area contributed by atoms with Gasteiger partial charge in [-0.2, -0.15) is 5.10 Å². The first-order valence-corrected chi connectivity index (χ1v) is 11.5. The van der Waals surface area contributed by atoms with Crippen molar-refractivity contribution < 1.29 is 9.18 Å². The van der Waals surface area contributed by atoms with Crippen molar-refractivity contribution in [3.8, 4) is 5.69 Å². The molecule has 1 amide bonds. The molecule has 0 spiro atoms. The predicted octanol–water partition coefficient (Wildman–Crippen LogP) is 5.85. The van der Waals surface area contributed by atoms with E-state index >= 15 is 0 Å². The van der Waals surface area contributed by atoms with Gasteiger partial charge in [0.05, 0.1) is 23.6 Å². The number of likely N-dealkylation sites (N-methyl/N-ethyl adjacent to an activating group) is 1. The number of aromatic nitrogens is 3. The van der Waals surface area contributed by atoms with Gasteiger partial charge in [-0.3, -0.25) is 4.79 Å². The zero-order chi connectivity index (χ0) is 23.7. The molecule has 1 aromatic carbocycles. The number of nitrogens with zero attached hydrogens (tertiary/aromatic N) is 4. The maximum Gasteiger partial charge on any atom is 0.254 e. The molecule has 0 saturated carbocycles. The second kappa shape index (κ2) is 9.22. The number of hydrogen-bond acceptors (Lipinski definition) is 2. The third-order valence-electron chi connectivity index (χ3n) is 6.46. The Balaban J connectivity index is 1.75. The molecular formula is C27H31FN4O. The van der Waals surface area contributed by atoms with Gasteiger partial charge in [0.15, 0.2) is 0 Å². The highest BCUT2D eigenvalue weighted by Gasteiger charge is 2.29. The topological polar surface area (TPSA) is 43.1 Å². The number of hydrogen-bond donors (Lipinski definition) is 0. The summed E-state index contributed by atoms with van der Waals surface area (Å²) in [5, 5.41) is 4.57. The van der Waals surface area contributed by atoms with Crippen LogP contribution in [0, 0.1) is 12.7 Å². The third-order valence-corrected chi connectivity index (χ3v) is 6.46. The summed E-state index contributed by atoms with van der Waals surface area (Å²) in [7, 11) is 3.90. The normalized spacial score (nSPS) is 14.2. The molecule has 1 aliphatic carbocycles. The quantitative estimate of drug-likeness (QED) is 0.477. The van der Waals surface area contributed by atoms with Crippen LogP contribution in [0.4, 0.5) is 4.39 Å². The second-order valence-corrected chi connectivity index (χ2v) is 8.70. The Labute approximate surface area is 194 Å². The lowest BCUT2D eigenvalue weighted by Crippen LogP contribution is -2.32. The average Bonchev–Trinajstić information content (AvgIpc) is 3.30. The van der Waals surface area contributed by atoms with Gasteiger partial charge in [-0.15, -0.1) is 0 Å². The van der Waals surface area contributed by atoms with Gasteiger partial charge in [0, 0.05) is 37.1 Å². The highest BCUT2D eigenvalue weighted by Crippen LogP contribution is 2.33. The van der Waals surface area contributed by atoms with Crippen molar-refractivity contribution in [1.29, 1.82) is 0 Å². The van der Waals surface area contributed by atoms with Gasteiger partial charge in [0.1, 0.15) is 5.82 Å². The Hall–Kier alpha value is -3.41. The van der Waals surface area contributed by atoms with Crippen LogP contribution in [0.1, 0.15) is 61.7 Å². The van der Waals surface area contributed by atoms with E-state index in [1.165, 1.54) is 23.3 Å². The van der Waals surface area contributed by atoms with Crippen LogP contribution in [0.2, 0.25) is 0 Å². The number of fused-ring (bicyclic) bond motifs is 1. The summed E-state index contributed by atoms with van der Waals surface area (Å²) in [5.41, 5.74) is 6.59. The third kappa shape index (κ3) is 4.30. The Morgan fingerprint density at radius 2 is 1.97 bits per heavy atom. The van der Waals surface area contributed by atoms with Gasteiger partial charge in [-0.25, -0.2) is 9.07 Å². The van der Waals surface area contributed by atoms with Crippen LogP contribution in [0.15, 0.2) is 54.4 Å². The van der Waals surface area contributed by atoms with E-state index in [1.54, 1.807) is 23.0 Å². The lowest BCUT2D eigenvalue weighted by molar-refractivity contribution is -0.126. The molecule has 0 aliphatic heterocycles. The van der Waals surface area contributed by atoms with E-state index in [9.17, 15) is 9.18 Å². The van der Waals surface area contributed by atoms with Crippen LogP contribution >= 0.6 is 0 Å². The van der Waals surface area contributed by atoms with Gasteiger partial charge in [-0.1, -0.05) is 25.5 Å². The fourth-order valence-electron chi connectivity index (χ4n) is 4.63. The van der Waals surface area contributed by atoms with E-state index < -0.39 is 0 Å². The SMILES string of the molecule is CCC1=Cc2c(cnn2-c2ccc(F)cc2)C(C(=O)N(C)C(CC)c2cc(C)cn2C)=CC1. The minimum atomic E-state index is -0.291. The smallest absolute Gasteiger partial charge is 0.254 e. The fourth-order valence-corrected chi connectivity index (χ4v) is 4.63. The van der Waals surface area contributed by atoms with E-state index in [0.29, 0.717) is 12.0 Å². The van der Waals surface area contributed by atoms with Gasteiger partial charge in [0.25, 0.3) is 5.91 Å². The highest BCUT2D eigenvalue weighted by atomic mass is 19.1. The van der Waals surface area contributed by atoms with Crippen molar-refractivity contribution in [1.82, 2.24) is 19.2 Å². The van der Waals surface area contributed by atoms with Crippen LogP contribution in [0.25, 0.3) is 17.3 Å². The standard InChI is InChI=1S/C27H31FN4O/c1-6-19-8-13-22(27(33)31(5)24(7-2)26-14-18(3)17-30(26)4)23-16-29-32(25(23)15-19)21-11-9-20(28)10-12-21/h9-17,24H,6-8H2,1-5H3. The zero-order valence-corrected chi connectivity index (χ0v) is 20.0. The molecule has 1 aliphatic rings. The minimum absolute atomic E-state index is 0.0219. The van der Waals surface area contributed by atoms with Crippen molar-refractivity contribution >= 4 is 17.6 Å². The molecule has 6 heteroatoms. The van der Waals surface area contributed by atoms with Gasteiger partial charge >= 0.3 is 0 Å². The Morgan fingerprint density at radius 1 is 1.24 bits per heavy atom. The first kappa shape index (κ1) is 22.8. The van der Waals surface area contributed by atoms with Gasteiger partial charge in [-0.05, 0) is 68.2 Å². The molecule has 1 atom stereocenters. The monoisotopic (exact) mass is 446 g/mol. The lowest BCUT2D eigenvalue weighted by Gasteiger charge is -2.29. The van der Waals surface area contributed by atoms with Crippen LogP contribution < -0.4 is 0 Å². The minimum Gasteiger partial charge on any atom is -0.352 e. The molecule has 0 bridgehead atoms. The highest BCUT2D eigenvalue weighted by molar-refractivity contribution is 6.20. The molecule has 33 heavy (non-hydrogen) atoms. The summed E-state index contributed by atoms with van der Waals surface area (Å²) in [6.45, 7) is 6.29. The molecule has 2 heterocycles. The maximum absolute atomic E-state index is 13.8. The van der Waals surface area contributed by atoms with E-state index in [4.69, 9.17) is 0 Å². The fraction of sp³-hybridized carbons (Fsp3) is 0.333. The molecular weight excluding hydrogens is 415 g/mol. The lowest BCUT2D eigenvalue weighted by atomic mass is 10.0. The Morgan fingerprint density at radius 3 is 2.58 bits per heavy atom. The first-order valence-electron chi connectivity index (χ1n) is 11.5. The van der Waals surface area contributed by atoms with Crippen LogP contribution in [-0.2, 0) is 11.8 Å². The van der Waals surface area contributed by atoms with E-state index in [-0.39, 0.29) is 17.8 Å². The van der Waals surface area contributed by atoms with Crippen LogP contribution in [0.3, 0.4) is 0 Å². The van der Waals surface area contributed by atoms with Crippen molar-refractivity contribution in [2.45, 2.75) is 46.1 Å². The Bertz CT molecular complexity index is 1230. The molecule has 0 radical (unpaired) electrons. The first-order chi connectivity index (χ1) is 15.8. The molecule has 1 unspecified atom stereocenters. The largest absolute Gasteiger partial charge is 0.352 e. The molecule has 5 nitrogen and oxygen atoms in total. The van der Waals surface area contributed by atoms with Gasteiger partial charge < -0.3 is 9.47 Å².